The Kier molecular flexibility index (Phi) is 7.41. The van der Waals surface area contributed by atoms with Crippen LogP contribution in [-0.2, 0) is 19.7 Å². The summed E-state index contributed by atoms with van der Waals surface area (Å²) in [4.78, 5) is 1.30. The minimum absolute atomic E-state index is 0.329. The van der Waals surface area contributed by atoms with E-state index in [4.69, 9.17) is 32.7 Å². The molecule has 0 atom stereocenters. The molecule has 142 valence electrons. The second-order valence-corrected chi connectivity index (χ2v) is 7.75. The first-order valence-corrected chi connectivity index (χ1v) is 10.4. The second-order valence-electron chi connectivity index (χ2n) is 5.90. The van der Waals surface area contributed by atoms with E-state index in [0.717, 1.165) is 17.7 Å². The molecule has 0 spiro atoms. The van der Waals surface area contributed by atoms with E-state index < -0.39 is 0 Å². The van der Waals surface area contributed by atoms with E-state index in [0.29, 0.717) is 41.3 Å². The number of rotatable bonds is 9. The predicted molar refractivity (Wildman–Crippen MR) is 113 cm³/mol. The lowest BCUT2D eigenvalue weighted by atomic mass is 10.2. The summed E-state index contributed by atoms with van der Waals surface area (Å²) in [7, 11) is 0. The maximum absolute atomic E-state index is 6.49. The first-order chi connectivity index (χ1) is 13.2. The van der Waals surface area contributed by atoms with E-state index in [-0.39, 0.29) is 0 Å². The van der Waals surface area contributed by atoms with E-state index in [1.807, 2.05) is 43.3 Å². The standard InChI is InChI=1S/C21H21Cl2NO2S/c1-2-25-20-11-15(12-24-13-17-7-5-9-27-17)10-19(23)21(20)26-14-16-6-3-4-8-18(16)22/h3-11,24H,2,12-14H2,1H3. The van der Waals surface area contributed by atoms with Crippen molar-refractivity contribution in [3.63, 3.8) is 0 Å². The van der Waals surface area contributed by atoms with Gasteiger partial charge in [0.2, 0.25) is 0 Å². The molecular weight excluding hydrogens is 401 g/mol. The fourth-order valence-electron chi connectivity index (χ4n) is 2.64. The van der Waals surface area contributed by atoms with Crippen molar-refractivity contribution in [2.75, 3.05) is 6.61 Å². The van der Waals surface area contributed by atoms with Gasteiger partial charge in [0.05, 0.1) is 11.6 Å². The summed E-state index contributed by atoms with van der Waals surface area (Å²) in [6.07, 6.45) is 0. The van der Waals surface area contributed by atoms with Crippen LogP contribution in [0.25, 0.3) is 0 Å². The Labute approximate surface area is 173 Å². The van der Waals surface area contributed by atoms with Crippen molar-refractivity contribution in [2.24, 2.45) is 0 Å². The molecule has 0 aliphatic carbocycles. The molecule has 1 aromatic heterocycles. The molecule has 1 heterocycles. The van der Waals surface area contributed by atoms with Gasteiger partial charge in [-0.15, -0.1) is 11.3 Å². The van der Waals surface area contributed by atoms with E-state index in [9.17, 15) is 0 Å². The highest BCUT2D eigenvalue weighted by atomic mass is 35.5. The summed E-state index contributed by atoms with van der Waals surface area (Å²) < 4.78 is 11.7. The molecule has 27 heavy (non-hydrogen) atoms. The van der Waals surface area contributed by atoms with Crippen LogP contribution in [0.2, 0.25) is 10.0 Å². The first kappa shape index (κ1) is 20.0. The van der Waals surface area contributed by atoms with Gasteiger partial charge in [-0.2, -0.15) is 0 Å². The topological polar surface area (TPSA) is 30.5 Å². The van der Waals surface area contributed by atoms with Gasteiger partial charge in [0, 0.05) is 28.6 Å². The monoisotopic (exact) mass is 421 g/mol. The van der Waals surface area contributed by atoms with Crippen molar-refractivity contribution in [3.8, 4) is 11.5 Å². The molecule has 0 amide bonds. The third-order valence-electron chi connectivity index (χ3n) is 3.91. The molecule has 3 nitrogen and oxygen atoms in total. The van der Waals surface area contributed by atoms with E-state index in [2.05, 4.69) is 22.8 Å². The quantitative estimate of drug-likeness (QED) is 0.438. The van der Waals surface area contributed by atoms with Crippen LogP contribution < -0.4 is 14.8 Å². The summed E-state index contributed by atoms with van der Waals surface area (Å²) >= 11 is 14.4. The molecule has 3 aromatic rings. The average Bonchev–Trinajstić information content (AvgIpc) is 3.16. The van der Waals surface area contributed by atoms with E-state index in [1.165, 1.54) is 4.88 Å². The summed E-state index contributed by atoms with van der Waals surface area (Å²) in [5.41, 5.74) is 1.95. The highest BCUT2D eigenvalue weighted by Crippen LogP contribution is 2.37. The van der Waals surface area contributed by atoms with Crippen LogP contribution in [0.3, 0.4) is 0 Å². The molecule has 0 aliphatic heterocycles. The molecule has 3 rings (SSSR count). The summed E-state index contributed by atoms with van der Waals surface area (Å²) in [5, 5.41) is 6.70. The molecule has 0 unspecified atom stereocenters. The van der Waals surface area contributed by atoms with Crippen molar-refractivity contribution >= 4 is 34.5 Å². The molecule has 1 N–H and O–H groups in total. The number of benzene rings is 2. The molecule has 0 radical (unpaired) electrons. The molecule has 0 fully saturated rings. The lowest BCUT2D eigenvalue weighted by Gasteiger charge is -2.16. The summed E-state index contributed by atoms with van der Waals surface area (Å²) in [6, 6.07) is 15.6. The van der Waals surface area contributed by atoms with Crippen LogP contribution >= 0.6 is 34.5 Å². The van der Waals surface area contributed by atoms with Gasteiger partial charge in [-0.3, -0.25) is 0 Å². The Bertz CT molecular complexity index is 869. The number of hydrogen-bond acceptors (Lipinski definition) is 4. The van der Waals surface area contributed by atoms with Crippen molar-refractivity contribution in [2.45, 2.75) is 26.6 Å². The Morgan fingerprint density at radius 2 is 1.81 bits per heavy atom. The zero-order valence-electron chi connectivity index (χ0n) is 15.0. The van der Waals surface area contributed by atoms with Crippen LogP contribution in [0.4, 0.5) is 0 Å². The highest BCUT2D eigenvalue weighted by Gasteiger charge is 2.13. The average molecular weight is 422 g/mol. The van der Waals surface area contributed by atoms with Crippen LogP contribution in [0.1, 0.15) is 22.9 Å². The molecule has 0 aliphatic rings. The summed E-state index contributed by atoms with van der Waals surface area (Å²) in [6.45, 7) is 4.32. The zero-order valence-corrected chi connectivity index (χ0v) is 17.3. The highest BCUT2D eigenvalue weighted by molar-refractivity contribution is 7.09. The lowest BCUT2D eigenvalue weighted by Crippen LogP contribution is -2.12. The van der Waals surface area contributed by atoms with Crippen LogP contribution in [0.5, 0.6) is 11.5 Å². The van der Waals surface area contributed by atoms with Gasteiger partial charge in [0.15, 0.2) is 11.5 Å². The Morgan fingerprint density at radius 1 is 0.963 bits per heavy atom. The third kappa shape index (κ3) is 5.63. The van der Waals surface area contributed by atoms with Crippen LogP contribution in [0.15, 0.2) is 53.9 Å². The second kappa shape index (κ2) is 10.00. The van der Waals surface area contributed by atoms with E-state index in [1.54, 1.807) is 11.3 Å². The Balaban J connectivity index is 1.70. The number of halogens is 2. The van der Waals surface area contributed by atoms with Gasteiger partial charge >= 0.3 is 0 Å². The number of nitrogens with one attached hydrogen (secondary N) is 1. The summed E-state index contributed by atoms with van der Waals surface area (Å²) in [5.74, 6) is 1.19. The van der Waals surface area contributed by atoms with Gasteiger partial charge < -0.3 is 14.8 Å². The molecule has 0 saturated heterocycles. The smallest absolute Gasteiger partial charge is 0.180 e. The van der Waals surface area contributed by atoms with Crippen molar-refractivity contribution in [1.29, 1.82) is 0 Å². The SMILES string of the molecule is CCOc1cc(CNCc2cccs2)cc(Cl)c1OCc1ccccc1Cl. The van der Waals surface area contributed by atoms with Gasteiger partial charge in [-0.25, -0.2) is 0 Å². The first-order valence-electron chi connectivity index (χ1n) is 8.72. The molecule has 0 bridgehead atoms. The van der Waals surface area contributed by atoms with Crippen molar-refractivity contribution in [3.05, 3.63) is 80.0 Å². The van der Waals surface area contributed by atoms with Crippen molar-refractivity contribution < 1.29 is 9.47 Å². The van der Waals surface area contributed by atoms with Gasteiger partial charge in [0.1, 0.15) is 6.61 Å². The normalized spacial score (nSPS) is 10.8. The largest absolute Gasteiger partial charge is 0.490 e. The minimum atomic E-state index is 0.329. The van der Waals surface area contributed by atoms with Gasteiger partial charge in [-0.1, -0.05) is 47.5 Å². The van der Waals surface area contributed by atoms with Crippen LogP contribution in [-0.4, -0.2) is 6.61 Å². The maximum Gasteiger partial charge on any atom is 0.180 e. The Hall–Kier alpha value is -1.72. The number of thiophene rings is 1. The van der Waals surface area contributed by atoms with Gasteiger partial charge in [-0.05, 0) is 42.1 Å². The van der Waals surface area contributed by atoms with Crippen LogP contribution in [0, 0.1) is 0 Å². The fraction of sp³-hybridized carbons (Fsp3) is 0.238. The Morgan fingerprint density at radius 3 is 2.56 bits per heavy atom. The molecule has 6 heteroatoms. The predicted octanol–water partition coefficient (Wildman–Crippen LogP) is 6.32. The third-order valence-corrected chi connectivity index (χ3v) is 5.43. The lowest BCUT2D eigenvalue weighted by molar-refractivity contribution is 0.269. The van der Waals surface area contributed by atoms with Gasteiger partial charge in [0.25, 0.3) is 0 Å². The molecular formula is C21H21Cl2NO2S. The number of ether oxygens (including phenoxy) is 2. The number of hydrogen-bond donors (Lipinski definition) is 1. The molecule has 2 aromatic carbocycles. The fourth-order valence-corrected chi connectivity index (χ4v) is 3.79. The zero-order chi connectivity index (χ0) is 19.1. The van der Waals surface area contributed by atoms with E-state index >= 15 is 0 Å². The maximum atomic E-state index is 6.49. The molecule has 0 saturated carbocycles. The minimum Gasteiger partial charge on any atom is -0.490 e. The van der Waals surface area contributed by atoms with Crippen molar-refractivity contribution in [1.82, 2.24) is 5.32 Å².